The van der Waals surface area contributed by atoms with Crippen molar-refractivity contribution >= 4 is 29.9 Å². The van der Waals surface area contributed by atoms with E-state index in [1.54, 1.807) is 11.1 Å². The van der Waals surface area contributed by atoms with E-state index >= 15 is 0 Å². The highest BCUT2D eigenvalue weighted by Crippen LogP contribution is 2.35. The lowest BCUT2D eigenvalue weighted by atomic mass is 9.85. The van der Waals surface area contributed by atoms with E-state index in [0.717, 1.165) is 56.5 Å². The number of ether oxygens (including phenoxy) is 1. The topological polar surface area (TPSA) is 120 Å². The Bertz CT molecular complexity index is 1180. The van der Waals surface area contributed by atoms with Crippen LogP contribution in [0.3, 0.4) is 0 Å². The molecule has 1 atom stereocenters. The number of aliphatic hydroxyl groups is 2. The minimum Gasteiger partial charge on any atom is -0.493 e. The number of guanidine groups is 1. The van der Waals surface area contributed by atoms with Crippen molar-refractivity contribution in [2.24, 2.45) is 32.4 Å². The monoisotopic (exact) mass is 579 g/mol. The number of carbonyl (C=O) groups excluding carboxylic acids is 1. The molecule has 0 spiro atoms. The molecule has 1 aromatic carbocycles. The number of nitrogens with zero attached hydrogens (tertiary/aromatic N) is 5. The van der Waals surface area contributed by atoms with Crippen molar-refractivity contribution in [3.63, 3.8) is 0 Å². The van der Waals surface area contributed by atoms with Gasteiger partial charge in [0, 0.05) is 31.8 Å². The number of piperidine rings is 1. The second-order valence-electron chi connectivity index (χ2n) is 11.4. The fourth-order valence-electron chi connectivity index (χ4n) is 5.89. The number of likely N-dealkylation sites (tertiary alicyclic amines) is 2. The van der Waals surface area contributed by atoms with Crippen LogP contribution in [-0.4, -0.2) is 97.4 Å². The van der Waals surface area contributed by atoms with Crippen molar-refractivity contribution in [3.8, 4) is 5.75 Å². The minimum atomic E-state index is -0.949. The first-order chi connectivity index (χ1) is 20.5. The summed E-state index contributed by atoms with van der Waals surface area (Å²) in [6.07, 6.45) is 11.2. The van der Waals surface area contributed by atoms with Gasteiger partial charge in [0.25, 0.3) is 0 Å². The molecule has 10 nitrogen and oxygen atoms in total. The fourth-order valence-corrected chi connectivity index (χ4v) is 5.89. The van der Waals surface area contributed by atoms with Crippen molar-refractivity contribution in [1.82, 2.24) is 9.80 Å². The Morgan fingerprint density at radius 3 is 2.48 bits per heavy atom. The number of hydrogen-bond donors (Lipinski definition) is 2. The van der Waals surface area contributed by atoms with Gasteiger partial charge in [-0.2, -0.15) is 0 Å². The summed E-state index contributed by atoms with van der Waals surface area (Å²) >= 11 is 0. The van der Waals surface area contributed by atoms with E-state index in [2.05, 4.69) is 51.9 Å². The largest absolute Gasteiger partial charge is 0.493 e. The lowest BCUT2D eigenvalue weighted by Gasteiger charge is -2.32. The van der Waals surface area contributed by atoms with Gasteiger partial charge in [-0.1, -0.05) is 36.4 Å². The summed E-state index contributed by atoms with van der Waals surface area (Å²) in [5.74, 6) is 1.95. The molecular formula is C32H45N5O5. The van der Waals surface area contributed by atoms with Gasteiger partial charge in [-0.05, 0) is 74.4 Å². The lowest BCUT2D eigenvalue weighted by Crippen LogP contribution is -2.40. The van der Waals surface area contributed by atoms with Crippen LogP contribution in [0.1, 0.15) is 51.0 Å². The van der Waals surface area contributed by atoms with Crippen molar-refractivity contribution in [2.75, 3.05) is 53.1 Å². The molecule has 1 amide bonds. The van der Waals surface area contributed by atoms with Crippen molar-refractivity contribution in [2.45, 2.75) is 45.4 Å². The third-order valence-corrected chi connectivity index (χ3v) is 8.61. The highest BCUT2D eigenvalue weighted by molar-refractivity contribution is 5.98. The zero-order valence-electron chi connectivity index (χ0n) is 25.0. The van der Waals surface area contributed by atoms with E-state index in [4.69, 9.17) is 9.57 Å². The van der Waals surface area contributed by atoms with Crippen LogP contribution in [0.4, 0.5) is 0 Å². The van der Waals surface area contributed by atoms with Gasteiger partial charge >= 0.3 is 0 Å². The molecule has 3 aliphatic rings. The van der Waals surface area contributed by atoms with Crippen LogP contribution in [0.2, 0.25) is 0 Å². The third kappa shape index (κ3) is 7.46. The summed E-state index contributed by atoms with van der Waals surface area (Å²) < 4.78 is 6.14. The molecule has 0 saturated carbocycles. The van der Waals surface area contributed by atoms with E-state index in [9.17, 15) is 15.0 Å². The summed E-state index contributed by atoms with van der Waals surface area (Å²) in [7, 11) is 1.43. The number of oxime groups is 1. The normalized spacial score (nSPS) is 22.5. The Morgan fingerprint density at radius 2 is 1.88 bits per heavy atom. The van der Waals surface area contributed by atoms with Crippen LogP contribution in [-0.2, 0) is 9.63 Å². The number of allylic oxidation sites excluding steroid dienone is 3. The van der Waals surface area contributed by atoms with Crippen LogP contribution in [0.25, 0.3) is 5.57 Å². The van der Waals surface area contributed by atoms with E-state index in [-0.39, 0.29) is 38.1 Å². The fraction of sp³-hybridized carbons (Fsp3) is 0.562. The van der Waals surface area contributed by atoms with E-state index in [1.807, 2.05) is 18.2 Å². The van der Waals surface area contributed by atoms with E-state index in [0.29, 0.717) is 30.6 Å². The van der Waals surface area contributed by atoms with Crippen LogP contribution >= 0.6 is 0 Å². The number of rotatable bonds is 10. The van der Waals surface area contributed by atoms with Gasteiger partial charge in [0.05, 0.1) is 37.5 Å². The van der Waals surface area contributed by atoms with Gasteiger partial charge in [0.1, 0.15) is 12.9 Å². The Balaban J connectivity index is 1.25. The van der Waals surface area contributed by atoms with Gasteiger partial charge in [0.15, 0.2) is 0 Å². The minimum absolute atomic E-state index is 0.0325. The van der Waals surface area contributed by atoms with Crippen molar-refractivity contribution < 1.29 is 24.6 Å². The maximum atomic E-state index is 13.3. The Kier molecular flexibility index (Phi) is 11.3. The Hall–Kier alpha value is -3.50. The molecule has 0 bridgehead atoms. The second-order valence-corrected chi connectivity index (χ2v) is 11.4. The van der Waals surface area contributed by atoms with Gasteiger partial charge in [-0.25, -0.2) is 9.98 Å². The molecule has 2 N–H and O–H groups in total. The van der Waals surface area contributed by atoms with Crippen molar-refractivity contribution in [3.05, 3.63) is 48.2 Å². The van der Waals surface area contributed by atoms with Crippen LogP contribution in [0, 0.1) is 17.3 Å². The van der Waals surface area contributed by atoms with Crippen LogP contribution in [0.5, 0.6) is 5.75 Å². The van der Waals surface area contributed by atoms with E-state index in [1.165, 1.54) is 12.7 Å². The van der Waals surface area contributed by atoms with Crippen molar-refractivity contribution in [1.29, 1.82) is 0 Å². The average Bonchev–Trinajstić information content (AvgIpc) is 3.41. The molecule has 1 aliphatic carbocycles. The molecule has 42 heavy (non-hydrogen) atoms. The second kappa shape index (κ2) is 15.1. The molecule has 0 aromatic heterocycles. The van der Waals surface area contributed by atoms with Crippen LogP contribution < -0.4 is 4.74 Å². The Morgan fingerprint density at radius 1 is 1.14 bits per heavy atom. The SMILES string of the molecule is C=N/C(=N\C=C\CC)N1CCC(COc2ccc(C3=CCC(C(=O)N4C/C(=N\OC)C(CO)(CO)C4)CC3)cc2)CC1. The predicted octanol–water partition coefficient (Wildman–Crippen LogP) is 3.76. The summed E-state index contributed by atoms with van der Waals surface area (Å²) in [5, 5.41) is 23.8. The van der Waals surface area contributed by atoms with Gasteiger partial charge in [-0.3, -0.25) is 4.79 Å². The number of aliphatic imine (C=N–C) groups is 2. The summed E-state index contributed by atoms with van der Waals surface area (Å²) in [5.41, 5.74) is 1.95. The highest BCUT2D eigenvalue weighted by Gasteiger charge is 2.46. The predicted molar refractivity (Wildman–Crippen MR) is 166 cm³/mol. The summed E-state index contributed by atoms with van der Waals surface area (Å²) in [6, 6.07) is 8.25. The average molecular weight is 580 g/mol. The number of benzene rings is 1. The molecule has 2 fully saturated rings. The highest BCUT2D eigenvalue weighted by atomic mass is 16.6. The molecule has 2 heterocycles. The molecule has 0 radical (unpaired) electrons. The molecule has 10 heteroatoms. The first kappa shape index (κ1) is 31.4. The molecule has 228 valence electrons. The first-order valence-electron chi connectivity index (χ1n) is 14.9. The molecule has 4 rings (SSSR count). The number of carbonyl (C=O) groups is 1. The summed E-state index contributed by atoms with van der Waals surface area (Å²) in [4.78, 5) is 30.6. The molecule has 1 unspecified atom stereocenters. The maximum Gasteiger partial charge on any atom is 0.226 e. The third-order valence-electron chi connectivity index (χ3n) is 8.61. The van der Waals surface area contributed by atoms with Gasteiger partial charge < -0.3 is 29.6 Å². The molecule has 2 aliphatic heterocycles. The number of amides is 1. The van der Waals surface area contributed by atoms with Crippen LogP contribution in [0.15, 0.2) is 57.8 Å². The smallest absolute Gasteiger partial charge is 0.226 e. The molecule has 1 aromatic rings. The maximum absolute atomic E-state index is 13.3. The summed E-state index contributed by atoms with van der Waals surface area (Å²) in [6.45, 7) is 8.15. The zero-order chi connectivity index (χ0) is 30.0. The number of hydrogen-bond acceptors (Lipinski definition) is 7. The lowest BCUT2D eigenvalue weighted by molar-refractivity contribution is -0.135. The number of aliphatic hydroxyl groups excluding tert-OH is 2. The van der Waals surface area contributed by atoms with Gasteiger partial charge in [-0.15, -0.1) is 0 Å². The first-order valence-corrected chi connectivity index (χ1v) is 14.9. The molecule has 2 saturated heterocycles. The molecular weight excluding hydrogens is 534 g/mol. The van der Waals surface area contributed by atoms with Gasteiger partial charge in [0.2, 0.25) is 11.9 Å². The quantitative estimate of drug-likeness (QED) is 0.248. The standard InChI is InChI=1S/C32H45N5O5/c1-4-5-16-34-31(33-2)36-17-14-24(15-18-36)20-42-28-12-10-26(11-13-28)25-6-8-27(9-7-25)30(40)37-19-29(35-41-3)32(21-37,22-38)23-39/h5-6,10-13,16,24,27,38-39H,2,4,7-9,14-15,17-23H2,1,3H3/b16-5+,34-31+,35-29+. The Labute approximate surface area is 249 Å². The zero-order valence-corrected chi connectivity index (χ0v) is 25.0. The van der Waals surface area contributed by atoms with E-state index < -0.39 is 5.41 Å².